The maximum Gasteiger partial charge on any atom is 0.151 e. The van der Waals surface area contributed by atoms with E-state index in [-0.39, 0.29) is 5.75 Å². The van der Waals surface area contributed by atoms with E-state index >= 15 is 0 Å². The summed E-state index contributed by atoms with van der Waals surface area (Å²) in [6.45, 7) is 1.87. The molecule has 0 saturated carbocycles. The third-order valence-corrected chi connectivity index (χ3v) is 2.99. The minimum atomic E-state index is -2.97. The zero-order valence-electron chi connectivity index (χ0n) is 8.65. The monoisotopic (exact) mass is 224 g/mol. The Morgan fingerprint density at radius 3 is 2.67 bits per heavy atom. The standard InChI is InChI=1S/C11H12O3S/c1-8-5-10-6-9(7-15(2,12)13)3-4-11(10)14-8/h3-6H,7H2,1-2H3. The highest BCUT2D eigenvalue weighted by atomic mass is 32.2. The zero-order valence-corrected chi connectivity index (χ0v) is 9.47. The summed E-state index contributed by atoms with van der Waals surface area (Å²) in [6.07, 6.45) is 1.23. The van der Waals surface area contributed by atoms with Gasteiger partial charge in [-0.2, -0.15) is 0 Å². The summed E-state index contributed by atoms with van der Waals surface area (Å²) in [5.74, 6) is 0.911. The largest absolute Gasteiger partial charge is 0.461 e. The van der Waals surface area contributed by atoms with Crippen LogP contribution in [0.3, 0.4) is 0 Å². The molecule has 15 heavy (non-hydrogen) atoms. The van der Waals surface area contributed by atoms with Crippen LogP contribution in [0.1, 0.15) is 11.3 Å². The highest BCUT2D eigenvalue weighted by molar-refractivity contribution is 7.89. The maximum atomic E-state index is 11.1. The molecule has 1 aromatic heterocycles. The van der Waals surface area contributed by atoms with Crippen LogP contribution < -0.4 is 0 Å². The van der Waals surface area contributed by atoms with Gasteiger partial charge in [0.1, 0.15) is 11.3 Å². The molecule has 4 heteroatoms. The van der Waals surface area contributed by atoms with Crippen molar-refractivity contribution in [1.82, 2.24) is 0 Å². The van der Waals surface area contributed by atoms with Crippen LogP contribution >= 0.6 is 0 Å². The van der Waals surface area contributed by atoms with Crippen LogP contribution in [0.2, 0.25) is 0 Å². The fourth-order valence-electron chi connectivity index (χ4n) is 1.62. The summed E-state index contributed by atoms with van der Waals surface area (Å²) in [6, 6.07) is 7.35. The number of rotatable bonds is 2. The van der Waals surface area contributed by atoms with Gasteiger partial charge in [-0.1, -0.05) is 6.07 Å². The highest BCUT2D eigenvalue weighted by Crippen LogP contribution is 2.20. The summed E-state index contributed by atoms with van der Waals surface area (Å²) in [7, 11) is -2.97. The SMILES string of the molecule is Cc1cc2cc(CS(C)(=O)=O)ccc2o1. The third kappa shape index (κ3) is 2.39. The second-order valence-electron chi connectivity index (χ2n) is 3.80. The average Bonchev–Trinajstić information content (AvgIpc) is 2.40. The molecule has 1 aromatic carbocycles. The predicted octanol–water partition coefficient (Wildman–Crippen LogP) is 2.29. The summed E-state index contributed by atoms with van der Waals surface area (Å²) < 4.78 is 27.6. The lowest BCUT2D eigenvalue weighted by Crippen LogP contribution is -2.00. The second-order valence-corrected chi connectivity index (χ2v) is 5.94. The van der Waals surface area contributed by atoms with Crippen LogP contribution in [0.5, 0.6) is 0 Å². The fourth-order valence-corrected chi connectivity index (χ4v) is 2.40. The molecule has 0 amide bonds. The van der Waals surface area contributed by atoms with Crippen molar-refractivity contribution in [3.8, 4) is 0 Å². The first-order valence-corrected chi connectivity index (χ1v) is 6.67. The molecule has 0 fully saturated rings. The van der Waals surface area contributed by atoms with Crippen molar-refractivity contribution < 1.29 is 12.8 Å². The Bertz CT molecular complexity index is 593. The van der Waals surface area contributed by atoms with Gasteiger partial charge in [0.2, 0.25) is 0 Å². The van der Waals surface area contributed by atoms with Gasteiger partial charge in [0.15, 0.2) is 9.84 Å². The number of furan rings is 1. The summed E-state index contributed by atoms with van der Waals surface area (Å²) in [4.78, 5) is 0. The van der Waals surface area contributed by atoms with Crippen molar-refractivity contribution in [3.05, 3.63) is 35.6 Å². The number of hydrogen-bond acceptors (Lipinski definition) is 3. The van der Waals surface area contributed by atoms with Crippen molar-refractivity contribution in [3.63, 3.8) is 0 Å². The first-order valence-electron chi connectivity index (χ1n) is 4.61. The predicted molar refractivity (Wildman–Crippen MR) is 59.5 cm³/mol. The molecule has 2 rings (SSSR count). The Hall–Kier alpha value is -1.29. The normalized spacial score (nSPS) is 12.1. The number of aryl methyl sites for hydroxylation is 1. The molecule has 0 saturated heterocycles. The van der Waals surface area contributed by atoms with Gasteiger partial charge < -0.3 is 4.42 Å². The molecule has 0 bridgehead atoms. The van der Waals surface area contributed by atoms with Gasteiger partial charge >= 0.3 is 0 Å². The maximum absolute atomic E-state index is 11.1. The van der Waals surface area contributed by atoms with E-state index in [1.807, 2.05) is 25.1 Å². The van der Waals surface area contributed by atoms with Crippen LogP contribution in [0.25, 0.3) is 11.0 Å². The lowest BCUT2D eigenvalue weighted by Gasteiger charge is -1.98. The average molecular weight is 224 g/mol. The molecule has 2 aromatic rings. The number of hydrogen-bond donors (Lipinski definition) is 0. The molecule has 0 spiro atoms. The van der Waals surface area contributed by atoms with Crippen LogP contribution in [0, 0.1) is 6.92 Å². The molecule has 80 valence electrons. The Morgan fingerprint density at radius 1 is 1.27 bits per heavy atom. The van der Waals surface area contributed by atoms with E-state index in [0.717, 1.165) is 22.3 Å². The summed E-state index contributed by atoms with van der Waals surface area (Å²) in [5, 5.41) is 0.952. The minimum absolute atomic E-state index is 0.0766. The van der Waals surface area contributed by atoms with E-state index in [1.54, 1.807) is 6.07 Å². The lowest BCUT2D eigenvalue weighted by atomic mass is 10.2. The Labute approximate surface area is 88.6 Å². The Kier molecular flexibility index (Phi) is 2.31. The molecule has 0 radical (unpaired) electrons. The zero-order chi connectivity index (χ0) is 11.1. The first-order chi connectivity index (χ1) is 6.94. The Balaban J connectivity index is 2.47. The number of sulfone groups is 1. The van der Waals surface area contributed by atoms with Gasteiger partial charge in [0.25, 0.3) is 0 Å². The van der Waals surface area contributed by atoms with Crippen LogP contribution in [-0.4, -0.2) is 14.7 Å². The molecule has 0 aliphatic carbocycles. The Morgan fingerprint density at radius 2 is 2.00 bits per heavy atom. The molecule has 0 aliphatic rings. The van der Waals surface area contributed by atoms with Crippen LogP contribution in [-0.2, 0) is 15.6 Å². The molecule has 0 unspecified atom stereocenters. The van der Waals surface area contributed by atoms with Crippen molar-refractivity contribution in [2.45, 2.75) is 12.7 Å². The molecule has 0 N–H and O–H groups in total. The van der Waals surface area contributed by atoms with Crippen LogP contribution in [0.15, 0.2) is 28.7 Å². The molecule has 1 heterocycles. The topological polar surface area (TPSA) is 47.3 Å². The highest BCUT2D eigenvalue weighted by Gasteiger charge is 2.06. The van der Waals surface area contributed by atoms with E-state index in [9.17, 15) is 8.42 Å². The molecular weight excluding hydrogens is 212 g/mol. The van der Waals surface area contributed by atoms with Crippen molar-refractivity contribution in [2.75, 3.05) is 6.26 Å². The lowest BCUT2D eigenvalue weighted by molar-refractivity contribution is 0.578. The van der Waals surface area contributed by atoms with E-state index < -0.39 is 9.84 Å². The molecule has 0 atom stereocenters. The van der Waals surface area contributed by atoms with E-state index in [4.69, 9.17) is 4.42 Å². The van der Waals surface area contributed by atoms with Crippen LogP contribution in [0.4, 0.5) is 0 Å². The van der Waals surface area contributed by atoms with E-state index in [0.29, 0.717) is 0 Å². The summed E-state index contributed by atoms with van der Waals surface area (Å²) >= 11 is 0. The smallest absolute Gasteiger partial charge is 0.151 e. The molecule has 3 nitrogen and oxygen atoms in total. The van der Waals surface area contributed by atoms with Crippen molar-refractivity contribution in [2.24, 2.45) is 0 Å². The van der Waals surface area contributed by atoms with Gasteiger partial charge in [-0.3, -0.25) is 0 Å². The number of benzene rings is 1. The van der Waals surface area contributed by atoms with E-state index in [1.165, 1.54) is 6.26 Å². The first kappa shape index (κ1) is 10.2. The second kappa shape index (κ2) is 3.38. The van der Waals surface area contributed by atoms with Crippen molar-refractivity contribution >= 4 is 20.8 Å². The van der Waals surface area contributed by atoms with E-state index in [2.05, 4.69) is 0 Å². The quantitative estimate of drug-likeness (QED) is 0.786. The minimum Gasteiger partial charge on any atom is -0.461 e. The third-order valence-electron chi connectivity index (χ3n) is 2.13. The molecule has 0 aliphatic heterocycles. The van der Waals surface area contributed by atoms with Crippen molar-refractivity contribution in [1.29, 1.82) is 0 Å². The van der Waals surface area contributed by atoms with Gasteiger partial charge in [-0.05, 0) is 30.7 Å². The van der Waals surface area contributed by atoms with Gasteiger partial charge in [-0.25, -0.2) is 8.42 Å². The van der Waals surface area contributed by atoms with Gasteiger partial charge in [0.05, 0.1) is 5.75 Å². The number of fused-ring (bicyclic) bond motifs is 1. The molecular formula is C11H12O3S. The van der Waals surface area contributed by atoms with Gasteiger partial charge in [-0.15, -0.1) is 0 Å². The fraction of sp³-hybridized carbons (Fsp3) is 0.273. The summed E-state index contributed by atoms with van der Waals surface area (Å²) in [5.41, 5.74) is 1.59. The van der Waals surface area contributed by atoms with Gasteiger partial charge in [0, 0.05) is 11.6 Å².